The van der Waals surface area contributed by atoms with Crippen LogP contribution in [0.25, 0.3) is 0 Å². The van der Waals surface area contributed by atoms with E-state index in [-0.39, 0.29) is 6.54 Å². The monoisotopic (exact) mass is 237 g/mol. The molecule has 0 heterocycles. The number of hydrogen-bond donors (Lipinski definition) is 2. The van der Waals surface area contributed by atoms with Crippen molar-refractivity contribution >= 4 is 0 Å². The van der Waals surface area contributed by atoms with Crippen molar-refractivity contribution in [2.75, 3.05) is 13.2 Å². The quantitative estimate of drug-likeness (QED) is 0.798. The summed E-state index contributed by atoms with van der Waals surface area (Å²) in [6.45, 7) is 7.03. The summed E-state index contributed by atoms with van der Waals surface area (Å²) in [4.78, 5) is 0. The molecular formula is C14H23NO2. The molecule has 0 saturated heterocycles. The predicted octanol–water partition coefficient (Wildman–Crippen LogP) is 2.28. The van der Waals surface area contributed by atoms with Crippen molar-refractivity contribution < 1.29 is 9.84 Å². The van der Waals surface area contributed by atoms with Gasteiger partial charge in [0.15, 0.2) is 0 Å². The average molecular weight is 237 g/mol. The topological polar surface area (TPSA) is 55.5 Å². The lowest BCUT2D eigenvalue weighted by Crippen LogP contribution is -2.34. The highest BCUT2D eigenvalue weighted by Crippen LogP contribution is 2.26. The van der Waals surface area contributed by atoms with Gasteiger partial charge in [-0.3, -0.25) is 0 Å². The summed E-state index contributed by atoms with van der Waals surface area (Å²) in [5, 5.41) is 10.3. The van der Waals surface area contributed by atoms with Crippen LogP contribution in [0.5, 0.6) is 5.75 Å². The predicted molar refractivity (Wildman–Crippen MR) is 70.0 cm³/mol. The molecule has 0 saturated carbocycles. The molecule has 0 spiro atoms. The number of benzene rings is 1. The molecule has 1 atom stereocenters. The molecule has 0 aliphatic rings. The fraction of sp³-hybridized carbons (Fsp3) is 0.571. The maximum absolute atomic E-state index is 10.3. The van der Waals surface area contributed by atoms with E-state index in [1.807, 2.05) is 31.2 Å². The van der Waals surface area contributed by atoms with Crippen LogP contribution in [0.3, 0.4) is 0 Å². The van der Waals surface area contributed by atoms with E-state index in [4.69, 9.17) is 10.5 Å². The van der Waals surface area contributed by atoms with E-state index >= 15 is 0 Å². The Morgan fingerprint density at radius 2 is 2.12 bits per heavy atom. The van der Waals surface area contributed by atoms with E-state index in [0.717, 1.165) is 11.3 Å². The number of hydrogen-bond acceptors (Lipinski definition) is 3. The summed E-state index contributed by atoms with van der Waals surface area (Å²) in [5.41, 5.74) is 5.51. The third-order valence-corrected chi connectivity index (χ3v) is 2.88. The largest absolute Gasteiger partial charge is 0.493 e. The lowest BCUT2D eigenvalue weighted by molar-refractivity contribution is 0.0416. The Bertz CT molecular complexity index is 346. The molecule has 0 aromatic heterocycles. The van der Waals surface area contributed by atoms with Gasteiger partial charge in [0.05, 0.1) is 6.61 Å². The zero-order valence-corrected chi connectivity index (χ0v) is 10.9. The molecule has 1 rings (SSSR count). The molecule has 0 aliphatic heterocycles. The van der Waals surface area contributed by atoms with E-state index in [1.54, 1.807) is 0 Å². The first kappa shape index (κ1) is 14.0. The second-order valence-corrected chi connectivity index (χ2v) is 4.82. The molecule has 0 amide bonds. The van der Waals surface area contributed by atoms with Crippen LogP contribution in [0.2, 0.25) is 0 Å². The molecule has 0 bridgehead atoms. The average Bonchev–Trinajstić information content (AvgIpc) is 2.35. The molecular weight excluding hydrogens is 214 g/mol. The maximum atomic E-state index is 10.3. The van der Waals surface area contributed by atoms with E-state index in [1.165, 1.54) is 0 Å². The van der Waals surface area contributed by atoms with Crippen molar-refractivity contribution in [2.45, 2.75) is 32.8 Å². The van der Waals surface area contributed by atoms with Gasteiger partial charge in [-0.15, -0.1) is 0 Å². The van der Waals surface area contributed by atoms with Crippen LogP contribution in [-0.2, 0) is 5.60 Å². The normalized spacial score (nSPS) is 14.7. The fourth-order valence-corrected chi connectivity index (χ4v) is 1.60. The Kier molecular flexibility index (Phi) is 4.97. The minimum absolute atomic E-state index is 0.219. The number of aliphatic hydroxyl groups is 1. The Morgan fingerprint density at radius 3 is 2.65 bits per heavy atom. The SMILES string of the molecule is CC[C@@](O)(CN)c1cccc(OCC(C)C)c1. The van der Waals surface area contributed by atoms with E-state index in [9.17, 15) is 5.11 Å². The van der Waals surface area contributed by atoms with Crippen molar-refractivity contribution in [3.8, 4) is 5.75 Å². The van der Waals surface area contributed by atoms with Crippen LogP contribution in [0, 0.1) is 5.92 Å². The number of rotatable bonds is 6. The zero-order chi connectivity index (χ0) is 12.9. The smallest absolute Gasteiger partial charge is 0.119 e. The van der Waals surface area contributed by atoms with Crippen LogP contribution in [0.4, 0.5) is 0 Å². The van der Waals surface area contributed by atoms with Gasteiger partial charge in [0, 0.05) is 6.54 Å². The molecule has 3 heteroatoms. The molecule has 96 valence electrons. The Balaban J connectivity index is 2.85. The molecule has 0 fully saturated rings. The Labute approximate surface area is 104 Å². The van der Waals surface area contributed by atoms with Gasteiger partial charge in [0.25, 0.3) is 0 Å². The molecule has 1 aromatic rings. The highest BCUT2D eigenvalue weighted by Gasteiger charge is 2.25. The molecule has 1 aromatic carbocycles. The van der Waals surface area contributed by atoms with Crippen molar-refractivity contribution in [3.05, 3.63) is 29.8 Å². The lowest BCUT2D eigenvalue weighted by atomic mass is 9.91. The third-order valence-electron chi connectivity index (χ3n) is 2.88. The first-order chi connectivity index (χ1) is 8.01. The second-order valence-electron chi connectivity index (χ2n) is 4.82. The standard InChI is InChI=1S/C14H23NO2/c1-4-14(16,10-15)12-6-5-7-13(8-12)17-9-11(2)3/h5-8,11,16H,4,9-10,15H2,1-3H3/t14-/m1/s1. The van der Waals surface area contributed by atoms with Crippen molar-refractivity contribution in [1.29, 1.82) is 0 Å². The van der Waals surface area contributed by atoms with E-state index in [0.29, 0.717) is 18.9 Å². The fourth-order valence-electron chi connectivity index (χ4n) is 1.60. The minimum atomic E-state index is -0.947. The molecule has 3 nitrogen and oxygen atoms in total. The summed E-state index contributed by atoms with van der Waals surface area (Å²) < 4.78 is 5.64. The first-order valence-corrected chi connectivity index (χ1v) is 6.17. The van der Waals surface area contributed by atoms with Gasteiger partial charge in [0.2, 0.25) is 0 Å². The summed E-state index contributed by atoms with van der Waals surface area (Å²) in [6.07, 6.45) is 0.594. The van der Waals surface area contributed by atoms with Gasteiger partial charge in [-0.1, -0.05) is 32.9 Å². The Hall–Kier alpha value is -1.06. The molecule has 0 aliphatic carbocycles. The summed E-state index contributed by atoms with van der Waals surface area (Å²) in [5.74, 6) is 1.27. The molecule has 17 heavy (non-hydrogen) atoms. The minimum Gasteiger partial charge on any atom is -0.493 e. The highest BCUT2D eigenvalue weighted by molar-refractivity contribution is 5.32. The summed E-state index contributed by atoms with van der Waals surface area (Å²) in [6, 6.07) is 7.55. The van der Waals surface area contributed by atoms with Crippen molar-refractivity contribution in [3.63, 3.8) is 0 Å². The van der Waals surface area contributed by atoms with Gasteiger partial charge in [-0.25, -0.2) is 0 Å². The highest BCUT2D eigenvalue weighted by atomic mass is 16.5. The third kappa shape index (κ3) is 3.72. The number of nitrogens with two attached hydrogens (primary N) is 1. The van der Waals surface area contributed by atoms with Crippen molar-refractivity contribution in [1.82, 2.24) is 0 Å². The first-order valence-electron chi connectivity index (χ1n) is 6.17. The van der Waals surface area contributed by atoms with Gasteiger partial charge >= 0.3 is 0 Å². The van der Waals surface area contributed by atoms with Gasteiger partial charge in [-0.05, 0) is 30.0 Å². The zero-order valence-electron chi connectivity index (χ0n) is 10.9. The van der Waals surface area contributed by atoms with Gasteiger partial charge in [-0.2, -0.15) is 0 Å². The molecule has 0 radical (unpaired) electrons. The maximum Gasteiger partial charge on any atom is 0.119 e. The van der Waals surface area contributed by atoms with Gasteiger partial charge < -0.3 is 15.6 Å². The van der Waals surface area contributed by atoms with Crippen LogP contribution in [0.1, 0.15) is 32.8 Å². The van der Waals surface area contributed by atoms with Gasteiger partial charge in [0.1, 0.15) is 11.4 Å². The Morgan fingerprint density at radius 1 is 1.41 bits per heavy atom. The molecule has 0 unspecified atom stereocenters. The van der Waals surface area contributed by atoms with E-state index < -0.39 is 5.60 Å². The molecule has 3 N–H and O–H groups in total. The van der Waals surface area contributed by atoms with E-state index in [2.05, 4.69) is 13.8 Å². The van der Waals surface area contributed by atoms with Crippen LogP contribution >= 0.6 is 0 Å². The number of ether oxygens (including phenoxy) is 1. The lowest BCUT2D eigenvalue weighted by Gasteiger charge is -2.26. The van der Waals surface area contributed by atoms with Crippen molar-refractivity contribution in [2.24, 2.45) is 11.7 Å². The summed E-state index contributed by atoms with van der Waals surface area (Å²) in [7, 11) is 0. The second kappa shape index (κ2) is 6.03. The van der Waals surface area contributed by atoms with Crippen LogP contribution in [0.15, 0.2) is 24.3 Å². The summed E-state index contributed by atoms with van der Waals surface area (Å²) >= 11 is 0. The van der Waals surface area contributed by atoms with Crippen LogP contribution < -0.4 is 10.5 Å². The van der Waals surface area contributed by atoms with Crippen LogP contribution in [-0.4, -0.2) is 18.3 Å².